The molecule has 0 unspecified atom stereocenters. The average Bonchev–Trinajstić information content (AvgIpc) is 3.37. The number of furan rings is 2. The van der Waals surface area contributed by atoms with Gasteiger partial charge in [0.25, 0.3) is 0 Å². The standard InChI is InChI=1S/C80H48O2/c1-2-18-54-47-55(42-37-49(54)17-1)57-19-3-4-21-61(57)77-66-26-9-11-28-68(66)78(69-29-12-10-27-67(69)77)71-46-45-58(80-79(71)70-30-14-16-32-73(70)82-80)52-38-33-50(34-39-52)51-35-40-53(41-36-51)75-62-22-5-7-24-64(62)76(65-25-8-6-23-63(65)75)56-43-44-60-59-20-13-15-31-72(59)81-74(60)48-56/h1-48H. The zero-order chi connectivity index (χ0) is 53.8. The average molecular weight is 1040 g/mol. The van der Waals surface area contributed by atoms with E-state index in [4.69, 9.17) is 8.83 Å². The van der Waals surface area contributed by atoms with Gasteiger partial charge in [0, 0.05) is 27.1 Å². The lowest BCUT2D eigenvalue weighted by Gasteiger charge is -2.20. The Morgan fingerprint density at radius 1 is 0.183 bits per heavy atom. The summed E-state index contributed by atoms with van der Waals surface area (Å²) in [6.07, 6.45) is 0. The molecule has 2 nitrogen and oxygen atoms in total. The molecule has 380 valence electrons. The van der Waals surface area contributed by atoms with Crippen molar-refractivity contribution in [1.82, 2.24) is 0 Å². The molecule has 0 aliphatic rings. The number of hydrogen-bond donors (Lipinski definition) is 0. The van der Waals surface area contributed by atoms with Crippen LogP contribution in [0.5, 0.6) is 0 Å². The number of benzene rings is 15. The van der Waals surface area contributed by atoms with E-state index in [2.05, 4.69) is 279 Å². The van der Waals surface area contributed by atoms with Gasteiger partial charge in [-0.1, -0.05) is 255 Å². The van der Waals surface area contributed by atoms with Gasteiger partial charge in [0.1, 0.15) is 22.3 Å². The second-order valence-electron chi connectivity index (χ2n) is 21.7. The maximum absolute atomic E-state index is 7.00. The van der Waals surface area contributed by atoms with Crippen LogP contribution in [0.3, 0.4) is 0 Å². The highest BCUT2D eigenvalue weighted by atomic mass is 16.3. The molecule has 2 heteroatoms. The van der Waals surface area contributed by atoms with Gasteiger partial charge < -0.3 is 8.83 Å². The topological polar surface area (TPSA) is 26.3 Å². The summed E-state index contributed by atoms with van der Waals surface area (Å²) in [6, 6.07) is 106. The van der Waals surface area contributed by atoms with Crippen LogP contribution in [0, 0.1) is 0 Å². The smallest absolute Gasteiger partial charge is 0.143 e. The summed E-state index contributed by atoms with van der Waals surface area (Å²) < 4.78 is 13.4. The van der Waals surface area contributed by atoms with Gasteiger partial charge in [0.2, 0.25) is 0 Å². The van der Waals surface area contributed by atoms with E-state index in [1.807, 2.05) is 12.1 Å². The van der Waals surface area contributed by atoms with Crippen molar-refractivity contribution in [3.8, 4) is 77.9 Å². The van der Waals surface area contributed by atoms with Crippen LogP contribution >= 0.6 is 0 Å². The quantitative estimate of drug-likeness (QED) is 0.149. The molecule has 0 amide bonds. The fourth-order valence-corrected chi connectivity index (χ4v) is 13.6. The van der Waals surface area contributed by atoms with Crippen molar-refractivity contribution >= 4 is 97.7 Å². The molecule has 0 N–H and O–H groups in total. The summed E-state index contributed by atoms with van der Waals surface area (Å²) in [4.78, 5) is 0. The molecule has 0 atom stereocenters. The van der Waals surface area contributed by atoms with Crippen LogP contribution in [-0.4, -0.2) is 0 Å². The predicted molar refractivity (Wildman–Crippen MR) is 347 cm³/mol. The van der Waals surface area contributed by atoms with E-state index in [-0.39, 0.29) is 0 Å². The number of hydrogen-bond acceptors (Lipinski definition) is 2. The summed E-state index contributed by atoms with van der Waals surface area (Å²) in [5, 5.41) is 16.7. The predicted octanol–water partition coefficient (Wildman–Crippen LogP) is 22.9. The first-order chi connectivity index (χ1) is 40.7. The molecular weight excluding hydrogens is 993 g/mol. The van der Waals surface area contributed by atoms with Gasteiger partial charge in [-0.2, -0.15) is 0 Å². The van der Waals surface area contributed by atoms with E-state index >= 15 is 0 Å². The first-order valence-electron chi connectivity index (χ1n) is 28.2. The lowest BCUT2D eigenvalue weighted by Crippen LogP contribution is -1.93. The summed E-state index contributed by atoms with van der Waals surface area (Å²) in [5.41, 5.74) is 20.0. The molecule has 0 saturated heterocycles. The SMILES string of the molecule is c1ccc(-c2c3ccccc3c(-c3ccc(-c4ccc(-c5ccc(-c6c7ccccc7c(-c7ccc8c(c7)oc7ccccc78)c7ccccc67)cc5)cc4)c4oc5ccccc5c34)c3ccccc23)c(-c2ccc3ccccc3c2)c1. The maximum atomic E-state index is 7.00. The molecule has 0 aliphatic heterocycles. The first kappa shape index (κ1) is 46.1. The second kappa shape index (κ2) is 18.4. The number of rotatable bonds is 7. The fraction of sp³-hybridized carbons (Fsp3) is 0. The van der Waals surface area contributed by atoms with Gasteiger partial charge in [-0.05, 0) is 163 Å². The molecule has 17 rings (SSSR count). The van der Waals surface area contributed by atoms with Crippen molar-refractivity contribution in [2.24, 2.45) is 0 Å². The monoisotopic (exact) mass is 1040 g/mol. The number of fused-ring (bicyclic) bond motifs is 11. The van der Waals surface area contributed by atoms with Gasteiger partial charge >= 0.3 is 0 Å². The van der Waals surface area contributed by atoms with Crippen molar-refractivity contribution in [2.75, 3.05) is 0 Å². The lowest BCUT2D eigenvalue weighted by molar-refractivity contribution is 0.669. The highest BCUT2D eigenvalue weighted by molar-refractivity contribution is 6.28. The van der Waals surface area contributed by atoms with E-state index < -0.39 is 0 Å². The zero-order valence-electron chi connectivity index (χ0n) is 44.5. The van der Waals surface area contributed by atoms with Crippen molar-refractivity contribution < 1.29 is 8.83 Å². The summed E-state index contributed by atoms with van der Waals surface area (Å²) in [6.45, 7) is 0. The van der Waals surface area contributed by atoms with Gasteiger partial charge in [-0.3, -0.25) is 0 Å². The van der Waals surface area contributed by atoms with E-state index in [9.17, 15) is 0 Å². The van der Waals surface area contributed by atoms with E-state index in [0.717, 1.165) is 77.3 Å². The molecule has 17 aromatic rings. The highest BCUT2D eigenvalue weighted by Gasteiger charge is 2.24. The molecule has 0 aliphatic carbocycles. The summed E-state index contributed by atoms with van der Waals surface area (Å²) >= 11 is 0. The second-order valence-corrected chi connectivity index (χ2v) is 21.7. The van der Waals surface area contributed by atoms with Gasteiger partial charge in [-0.15, -0.1) is 0 Å². The Labute approximate surface area is 473 Å². The highest BCUT2D eigenvalue weighted by Crippen LogP contribution is 2.51. The summed E-state index contributed by atoms with van der Waals surface area (Å²) in [7, 11) is 0. The molecule has 15 aromatic carbocycles. The fourth-order valence-electron chi connectivity index (χ4n) is 13.6. The van der Waals surface area contributed by atoms with Gasteiger partial charge in [0.05, 0.1) is 0 Å². The molecule has 0 fully saturated rings. The molecular formula is C80H48O2. The Bertz CT molecular complexity index is 5330. The Hall–Kier alpha value is -10.8. The molecule has 0 radical (unpaired) electrons. The van der Waals surface area contributed by atoms with Crippen LogP contribution < -0.4 is 0 Å². The Morgan fingerprint density at radius 3 is 1.20 bits per heavy atom. The molecule has 0 bridgehead atoms. The largest absolute Gasteiger partial charge is 0.456 e. The van der Waals surface area contributed by atoms with E-state index in [0.29, 0.717) is 0 Å². The minimum Gasteiger partial charge on any atom is -0.456 e. The van der Waals surface area contributed by atoms with Crippen LogP contribution in [0.25, 0.3) is 176 Å². The third kappa shape index (κ3) is 7.15. The Morgan fingerprint density at radius 2 is 0.585 bits per heavy atom. The molecule has 82 heavy (non-hydrogen) atoms. The van der Waals surface area contributed by atoms with E-state index in [1.165, 1.54) is 98.4 Å². The number of para-hydroxylation sites is 2. The third-order valence-corrected chi connectivity index (χ3v) is 17.3. The lowest BCUT2D eigenvalue weighted by atomic mass is 9.82. The minimum absolute atomic E-state index is 0.872. The van der Waals surface area contributed by atoms with Gasteiger partial charge in [-0.25, -0.2) is 0 Å². The van der Waals surface area contributed by atoms with Gasteiger partial charge in [0.15, 0.2) is 0 Å². The normalized spacial score (nSPS) is 11.9. The molecule has 0 saturated carbocycles. The zero-order valence-corrected chi connectivity index (χ0v) is 44.5. The van der Waals surface area contributed by atoms with Crippen LogP contribution in [-0.2, 0) is 0 Å². The van der Waals surface area contributed by atoms with E-state index in [1.54, 1.807) is 0 Å². The van der Waals surface area contributed by atoms with Crippen LogP contribution in [0.2, 0.25) is 0 Å². The summed E-state index contributed by atoms with van der Waals surface area (Å²) in [5.74, 6) is 0. The van der Waals surface area contributed by atoms with Crippen molar-refractivity contribution in [2.45, 2.75) is 0 Å². The Balaban J connectivity index is 0.758. The third-order valence-electron chi connectivity index (χ3n) is 17.3. The molecule has 0 spiro atoms. The van der Waals surface area contributed by atoms with Crippen LogP contribution in [0.15, 0.2) is 300 Å². The van der Waals surface area contributed by atoms with Crippen molar-refractivity contribution in [1.29, 1.82) is 0 Å². The molecule has 2 aromatic heterocycles. The minimum atomic E-state index is 0.872. The van der Waals surface area contributed by atoms with Crippen LogP contribution in [0.4, 0.5) is 0 Å². The first-order valence-corrected chi connectivity index (χ1v) is 28.2. The molecule has 2 heterocycles. The van der Waals surface area contributed by atoms with Crippen molar-refractivity contribution in [3.05, 3.63) is 291 Å². The van der Waals surface area contributed by atoms with Crippen LogP contribution in [0.1, 0.15) is 0 Å². The maximum Gasteiger partial charge on any atom is 0.143 e. The van der Waals surface area contributed by atoms with Crippen molar-refractivity contribution in [3.63, 3.8) is 0 Å². The Kier molecular flexibility index (Phi) is 10.3.